The van der Waals surface area contributed by atoms with Crippen LogP contribution in [0.25, 0.3) is 0 Å². The Balaban J connectivity index is 2.16. The van der Waals surface area contributed by atoms with E-state index in [0.29, 0.717) is 11.8 Å². The third-order valence-electron chi connectivity index (χ3n) is 4.43. The standard InChI is InChI=1S/C19H26N2O5/c1-12-7-13(2)10-21(9-12)11-17(22)20-16-8-14(18(23)25-3)5-6-15(16)19(24)26-4/h5-6,8,12-13H,7,9-11H2,1-4H3,(H,20,22)/t12-,13+. The SMILES string of the molecule is COC(=O)c1ccc(C(=O)OC)c(NC(=O)CN2C[C@H](C)C[C@H](C)C2)c1. The van der Waals surface area contributed by atoms with Crippen LogP contribution in [0.3, 0.4) is 0 Å². The van der Waals surface area contributed by atoms with Crippen LogP contribution in [0.1, 0.15) is 41.0 Å². The molecular formula is C19H26N2O5. The van der Waals surface area contributed by atoms with Gasteiger partial charge in [-0.25, -0.2) is 9.59 Å². The van der Waals surface area contributed by atoms with E-state index in [-0.39, 0.29) is 29.3 Å². The summed E-state index contributed by atoms with van der Waals surface area (Å²) >= 11 is 0. The Bertz CT molecular complexity index is 679. The number of rotatable bonds is 5. The van der Waals surface area contributed by atoms with Crippen LogP contribution in [-0.2, 0) is 14.3 Å². The predicted molar refractivity (Wildman–Crippen MR) is 97.1 cm³/mol. The minimum atomic E-state index is -0.586. The van der Waals surface area contributed by atoms with E-state index in [1.165, 1.54) is 32.4 Å². The molecule has 7 heteroatoms. The predicted octanol–water partition coefficient (Wildman–Crippen LogP) is 2.18. The minimum Gasteiger partial charge on any atom is -0.465 e. The number of carbonyl (C=O) groups is 3. The van der Waals surface area contributed by atoms with Gasteiger partial charge < -0.3 is 14.8 Å². The molecule has 1 aromatic carbocycles. The molecule has 1 heterocycles. The molecule has 7 nitrogen and oxygen atoms in total. The van der Waals surface area contributed by atoms with Crippen molar-refractivity contribution in [3.8, 4) is 0 Å². The second-order valence-electron chi connectivity index (χ2n) is 6.93. The van der Waals surface area contributed by atoms with Gasteiger partial charge in [-0.2, -0.15) is 0 Å². The Morgan fingerprint density at radius 2 is 1.69 bits per heavy atom. The second kappa shape index (κ2) is 8.80. The number of nitrogens with zero attached hydrogens (tertiary/aromatic N) is 1. The van der Waals surface area contributed by atoms with Crippen molar-refractivity contribution in [3.05, 3.63) is 29.3 Å². The smallest absolute Gasteiger partial charge is 0.339 e. The summed E-state index contributed by atoms with van der Waals surface area (Å²) in [5, 5.41) is 2.73. The Hall–Kier alpha value is -2.41. The second-order valence-corrected chi connectivity index (χ2v) is 6.93. The van der Waals surface area contributed by atoms with Gasteiger partial charge in [0.25, 0.3) is 0 Å². The molecule has 1 aliphatic heterocycles. The van der Waals surface area contributed by atoms with Gasteiger partial charge in [-0.1, -0.05) is 13.8 Å². The Labute approximate surface area is 153 Å². The van der Waals surface area contributed by atoms with Gasteiger partial charge in [0.05, 0.1) is 37.6 Å². The highest BCUT2D eigenvalue weighted by atomic mass is 16.5. The average molecular weight is 362 g/mol. The zero-order valence-corrected chi connectivity index (χ0v) is 15.7. The lowest BCUT2D eigenvalue weighted by atomic mass is 9.92. The van der Waals surface area contributed by atoms with Crippen molar-refractivity contribution in [2.24, 2.45) is 11.8 Å². The lowest BCUT2D eigenvalue weighted by molar-refractivity contribution is -0.117. The third kappa shape index (κ3) is 5.05. The van der Waals surface area contributed by atoms with Gasteiger partial charge in [-0.3, -0.25) is 9.69 Å². The Kier molecular flexibility index (Phi) is 6.74. The van der Waals surface area contributed by atoms with E-state index < -0.39 is 11.9 Å². The molecule has 0 unspecified atom stereocenters. The van der Waals surface area contributed by atoms with Crippen molar-refractivity contribution >= 4 is 23.5 Å². The molecule has 1 amide bonds. The summed E-state index contributed by atoms with van der Waals surface area (Å²) in [6.45, 7) is 6.32. The van der Waals surface area contributed by atoms with E-state index in [2.05, 4.69) is 24.1 Å². The first kappa shape index (κ1) is 19.9. The van der Waals surface area contributed by atoms with Crippen LogP contribution in [0.4, 0.5) is 5.69 Å². The summed E-state index contributed by atoms with van der Waals surface area (Å²) in [7, 11) is 2.53. The van der Waals surface area contributed by atoms with Crippen LogP contribution in [0, 0.1) is 11.8 Å². The highest BCUT2D eigenvalue weighted by Crippen LogP contribution is 2.22. The number of carbonyl (C=O) groups excluding carboxylic acids is 3. The summed E-state index contributed by atoms with van der Waals surface area (Å²) in [4.78, 5) is 38.3. The molecule has 1 N–H and O–H groups in total. The van der Waals surface area contributed by atoms with Crippen LogP contribution in [0.5, 0.6) is 0 Å². The fourth-order valence-electron chi connectivity index (χ4n) is 3.49. The molecule has 0 aliphatic carbocycles. The molecule has 2 atom stereocenters. The molecule has 1 saturated heterocycles. The van der Waals surface area contributed by atoms with Gasteiger partial charge in [0.15, 0.2) is 0 Å². The Morgan fingerprint density at radius 1 is 1.08 bits per heavy atom. The molecule has 1 aromatic rings. The summed E-state index contributed by atoms with van der Waals surface area (Å²) in [6.07, 6.45) is 1.16. The van der Waals surface area contributed by atoms with Gasteiger partial charge in [-0.05, 0) is 36.5 Å². The lowest BCUT2D eigenvalue weighted by Crippen LogP contribution is -2.43. The monoisotopic (exact) mass is 362 g/mol. The van der Waals surface area contributed by atoms with E-state index in [1.54, 1.807) is 0 Å². The van der Waals surface area contributed by atoms with Gasteiger partial charge in [0.1, 0.15) is 0 Å². The fraction of sp³-hybridized carbons (Fsp3) is 0.526. The number of piperidine rings is 1. The molecule has 0 spiro atoms. The summed E-state index contributed by atoms with van der Waals surface area (Å²) in [5.41, 5.74) is 0.674. The van der Waals surface area contributed by atoms with Crippen molar-refractivity contribution in [1.82, 2.24) is 4.90 Å². The summed E-state index contributed by atoms with van der Waals surface area (Å²) in [5.74, 6) is -0.286. The number of benzene rings is 1. The minimum absolute atomic E-state index is 0.189. The number of nitrogens with one attached hydrogen (secondary N) is 1. The number of methoxy groups -OCH3 is 2. The van der Waals surface area contributed by atoms with Crippen LogP contribution in [0.15, 0.2) is 18.2 Å². The lowest BCUT2D eigenvalue weighted by Gasteiger charge is -2.34. The molecule has 1 aliphatic rings. The first-order valence-electron chi connectivity index (χ1n) is 8.67. The molecule has 0 aromatic heterocycles. The number of amides is 1. The topological polar surface area (TPSA) is 84.9 Å². The number of ether oxygens (including phenoxy) is 2. The van der Waals surface area contributed by atoms with Crippen LogP contribution >= 0.6 is 0 Å². The molecule has 1 fully saturated rings. The molecule has 142 valence electrons. The zero-order chi connectivity index (χ0) is 19.3. The van der Waals surface area contributed by atoms with Gasteiger partial charge in [0, 0.05) is 13.1 Å². The molecule has 26 heavy (non-hydrogen) atoms. The first-order valence-corrected chi connectivity index (χ1v) is 8.67. The highest BCUT2D eigenvalue weighted by Gasteiger charge is 2.24. The average Bonchev–Trinajstić information content (AvgIpc) is 2.59. The fourth-order valence-corrected chi connectivity index (χ4v) is 3.49. The number of hydrogen-bond acceptors (Lipinski definition) is 6. The normalized spacial score (nSPS) is 20.3. The third-order valence-corrected chi connectivity index (χ3v) is 4.43. The first-order chi connectivity index (χ1) is 12.3. The van der Waals surface area contributed by atoms with Crippen molar-refractivity contribution in [2.45, 2.75) is 20.3 Å². The molecule has 0 saturated carbocycles. The maximum Gasteiger partial charge on any atom is 0.339 e. The van der Waals surface area contributed by atoms with E-state index in [4.69, 9.17) is 9.47 Å². The number of likely N-dealkylation sites (tertiary alicyclic amines) is 1. The maximum absolute atomic E-state index is 12.5. The van der Waals surface area contributed by atoms with Crippen molar-refractivity contribution < 1.29 is 23.9 Å². The Morgan fingerprint density at radius 3 is 2.27 bits per heavy atom. The van der Waals surface area contributed by atoms with Crippen molar-refractivity contribution in [1.29, 1.82) is 0 Å². The summed E-state index contributed by atoms with van der Waals surface area (Å²) in [6, 6.07) is 4.33. The largest absolute Gasteiger partial charge is 0.465 e. The number of esters is 2. The number of anilines is 1. The van der Waals surface area contributed by atoms with Crippen LogP contribution in [-0.4, -0.2) is 56.6 Å². The van der Waals surface area contributed by atoms with E-state index in [0.717, 1.165) is 19.5 Å². The highest BCUT2D eigenvalue weighted by molar-refractivity contribution is 6.03. The molecule has 0 radical (unpaired) electrons. The molecule has 2 rings (SSSR count). The maximum atomic E-state index is 12.5. The van der Waals surface area contributed by atoms with E-state index in [1.807, 2.05) is 0 Å². The van der Waals surface area contributed by atoms with Crippen LogP contribution in [0.2, 0.25) is 0 Å². The van der Waals surface area contributed by atoms with Crippen molar-refractivity contribution in [3.63, 3.8) is 0 Å². The van der Waals surface area contributed by atoms with Crippen molar-refractivity contribution in [2.75, 3.05) is 39.2 Å². The zero-order valence-electron chi connectivity index (χ0n) is 15.7. The summed E-state index contributed by atoms with van der Waals surface area (Å²) < 4.78 is 9.44. The van der Waals surface area contributed by atoms with Crippen LogP contribution < -0.4 is 5.32 Å². The molecule has 0 bridgehead atoms. The number of hydrogen-bond donors (Lipinski definition) is 1. The van der Waals surface area contributed by atoms with Gasteiger partial charge in [-0.15, -0.1) is 0 Å². The van der Waals surface area contributed by atoms with Gasteiger partial charge in [0.2, 0.25) is 5.91 Å². The van der Waals surface area contributed by atoms with Gasteiger partial charge >= 0.3 is 11.9 Å². The molecular weight excluding hydrogens is 336 g/mol. The quantitative estimate of drug-likeness (QED) is 0.808. The van der Waals surface area contributed by atoms with E-state index >= 15 is 0 Å². The van der Waals surface area contributed by atoms with E-state index in [9.17, 15) is 14.4 Å².